The Bertz CT molecular complexity index is 377. The Hall–Kier alpha value is -1.25. The lowest BCUT2D eigenvalue weighted by Crippen LogP contribution is -2.08. The Morgan fingerprint density at radius 3 is 2.60 bits per heavy atom. The molecular formula is C12H18O3. The van der Waals surface area contributed by atoms with Gasteiger partial charge in [-0.25, -0.2) is 4.79 Å². The second kappa shape index (κ2) is 5.01. The van der Waals surface area contributed by atoms with Crippen LogP contribution in [0.15, 0.2) is 15.3 Å². The van der Waals surface area contributed by atoms with E-state index in [1.54, 1.807) is 6.07 Å². The van der Waals surface area contributed by atoms with Crippen LogP contribution in [0.2, 0.25) is 0 Å². The highest BCUT2D eigenvalue weighted by Crippen LogP contribution is 2.17. The number of rotatable bonds is 4. The van der Waals surface area contributed by atoms with Crippen molar-refractivity contribution in [2.45, 2.75) is 40.0 Å². The maximum Gasteiger partial charge on any atom is 0.342 e. The third-order valence-electron chi connectivity index (χ3n) is 2.40. The van der Waals surface area contributed by atoms with Crippen molar-refractivity contribution in [2.75, 3.05) is 0 Å². The zero-order valence-electron chi connectivity index (χ0n) is 9.54. The molecule has 1 aromatic heterocycles. The molecule has 1 heterocycles. The highest BCUT2D eigenvalue weighted by molar-refractivity contribution is 5.29. The summed E-state index contributed by atoms with van der Waals surface area (Å²) in [6.45, 7) is 6.04. The molecule has 3 nitrogen and oxygen atoms in total. The summed E-state index contributed by atoms with van der Waals surface area (Å²) in [7, 11) is 0. The lowest BCUT2D eigenvalue weighted by atomic mass is 10.1. The Balaban J connectivity index is 2.89. The normalized spacial score (nSPS) is 10.9. The third kappa shape index (κ3) is 3.11. The van der Waals surface area contributed by atoms with Gasteiger partial charge in [-0.05, 0) is 18.8 Å². The van der Waals surface area contributed by atoms with Crippen LogP contribution in [0.1, 0.15) is 38.5 Å². The van der Waals surface area contributed by atoms with Crippen LogP contribution in [-0.4, -0.2) is 5.11 Å². The first kappa shape index (κ1) is 11.8. The Morgan fingerprint density at radius 2 is 2.13 bits per heavy atom. The number of aryl methyl sites for hydroxylation is 1. The smallest absolute Gasteiger partial charge is 0.342 e. The predicted molar refractivity (Wildman–Crippen MR) is 59.2 cm³/mol. The van der Waals surface area contributed by atoms with Gasteiger partial charge in [-0.15, -0.1) is 0 Å². The minimum atomic E-state index is -0.406. The minimum Gasteiger partial charge on any atom is -0.507 e. The van der Waals surface area contributed by atoms with Crippen molar-refractivity contribution < 1.29 is 9.52 Å². The third-order valence-corrected chi connectivity index (χ3v) is 2.40. The van der Waals surface area contributed by atoms with Crippen molar-refractivity contribution in [3.63, 3.8) is 0 Å². The molecule has 84 valence electrons. The van der Waals surface area contributed by atoms with Crippen LogP contribution in [0, 0.1) is 5.92 Å². The van der Waals surface area contributed by atoms with E-state index in [2.05, 4.69) is 13.8 Å². The van der Waals surface area contributed by atoms with E-state index in [4.69, 9.17) is 4.42 Å². The fourth-order valence-corrected chi connectivity index (χ4v) is 1.43. The van der Waals surface area contributed by atoms with E-state index >= 15 is 0 Å². The molecule has 0 aliphatic heterocycles. The molecule has 0 aliphatic rings. The molecule has 0 atom stereocenters. The van der Waals surface area contributed by atoms with Crippen molar-refractivity contribution >= 4 is 0 Å². The molecule has 1 N–H and O–H groups in total. The summed E-state index contributed by atoms with van der Waals surface area (Å²) in [6, 6.07) is 1.56. The Labute approximate surface area is 89.7 Å². The van der Waals surface area contributed by atoms with Gasteiger partial charge in [0.2, 0.25) is 0 Å². The summed E-state index contributed by atoms with van der Waals surface area (Å²) in [5.74, 6) is 1.19. The Morgan fingerprint density at radius 1 is 1.47 bits per heavy atom. The van der Waals surface area contributed by atoms with Crippen molar-refractivity contribution in [3.05, 3.63) is 27.8 Å². The summed E-state index contributed by atoms with van der Waals surface area (Å²) < 4.78 is 5.11. The fraction of sp³-hybridized carbons (Fsp3) is 0.583. The molecule has 3 heteroatoms. The van der Waals surface area contributed by atoms with Crippen LogP contribution < -0.4 is 5.63 Å². The van der Waals surface area contributed by atoms with E-state index in [0.29, 0.717) is 30.1 Å². The summed E-state index contributed by atoms with van der Waals surface area (Å²) >= 11 is 0. The maximum atomic E-state index is 11.4. The highest BCUT2D eigenvalue weighted by Gasteiger charge is 2.09. The second-order valence-electron chi connectivity index (χ2n) is 4.15. The maximum absolute atomic E-state index is 11.4. The van der Waals surface area contributed by atoms with Gasteiger partial charge in [0.25, 0.3) is 0 Å². The van der Waals surface area contributed by atoms with Gasteiger partial charge >= 0.3 is 5.63 Å². The second-order valence-corrected chi connectivity index (χ2v) is 4.15. The van der Waals surface area contributed by atoms with E-state index in [-0.39, 0.29) is 5.75 Å². The first-order valence-electron chi connectivity index (χ1n) is 5.39. The van der Waals surface area contributed by atoms with Crippen LogP contribution in [-0.2, 0) is 12.8 Å². The molecule has 0 saturated carbocycles. The van der Waals surface area contributed by atoms with E-state index in [9.17, 15) is 9.90 Å². The van der Waals surface area contributed by atoms with Gasteiger partial charge < -0.3 is 9.52 Å². The molecule has 0 spiro atoms. The van der Waals surface area contributed by atoms with Gasteiger partial charge in [-0.1, -0.05) is 20.8 Å². The van der Waals surface area contributed by atoms with Crippen LogP contribution in [0.5, 0.6) is 5.75 Å². The van der Waals surface area contributed by atoms with Gasteiger partial charge in [-0.2, -0.15) is 0 Å². The van der Waals surface area contributed by atoms with Crippen LogP contribution in [0.4, 0.5) is 0 Å². The topological polar surface area (TPSA) is 50.4 Å². The van der Waals surface area contributed by atoms with Crippen LogP contribution in [0.3, 0.4) is 0 Å². The molecule has 1 aromatic rings. The van der Waals surface area contributed by atoms with E-state index < -0.39 is 5.63 Å². The summed E-state index contributed by atoms with van der Waals surface area (Å²) in [5, 5.41) is 9.58. The quantitative estimate of drug-likeness (QED) is 0.830. The molecular weight excluding hydrogens is 192 g/mol. The molecule has 0 saturated heterocycles. The van der Waals surface area contributed by atoms with Crippen LogP contribution >= 0.6 is 0 Å². The average molecular weight is 210 g/mol. The number of hydrogen-bond donors (Lipinski definition) is 1. The standard InChI is InChI=1S/C12H18O3/c1-4-10-11(13)7-9(15-12(10)14)6-5-8(2)3/h7-8,13H,4-6H2,1-3H3. The largest absolute Gasteiger partial charge is 0.507 e. The predicted octanol–water partition coefficient (Wildman–Crippen LogP) is 2.50. The average Bonchev–Trinajstić information content (AvgIpc) is 2.14. The number of aromatic hydroxyl groups is 1. The summed E-state index contributed by atoms with van der Waals surface area (Å²) in [5.41, 5.74) is -0.0421. The molecule has 15 heavy (non-hydrogen) atoms. The van der Waals surface area contributed by atoms with Crippen molar-refractivity contribution in [3.8, 4) is 5.75 Å². The molecule has 0 radical (unpaired) electrons. The van der Waals surface area contributed by atoms with E-state index in [1.807, 2.05) is 6.92 Å². The molecule has 0 unspecified atom stereocenters. The minimum absolute atomic E-state index is 0.0625. The Kier molecular flexibility index (Phi) is 3.95. The van der Waals surface area contributed by atoms with Gasteiger partial charge in [0.15, 0.2) is 0 Å². The van der Waals surface area contributed by atoms with Gasteiger partial charge in [0, 0.05) is 12.5 Å². The summed E-state index contributed by atoms with van der Waals surface area (Å²) in [4.78, 5) is 11.4. The van der Waals surface area contributed by atoms with Gasteiger partial charge in [0.1, 0.15) is 11.5 Å². The number of hydrogen-bond acceptors (Lipinski definition) is 3. The molecule has 0 amide bonds. The highest BCUT2D eigenvalue weighted by atomic mass is 16.4. The molecule has 0 aliphatic carbocycles. The zero-order valence-corrected chi connectivity index (χ0v) is 9.54. The van der Waals surface area contributed by atoms with Crippen molar-refractivity contribution in [1.29, 1.82) is 0 Å². The fourth-order valence-electron chi connectivity index (χ4n) is 1.43. The molecule has 1 rings (SSSR count). The molecule has 0 aromatic carbocycles. The van der Waals surface area contributed by atoms with Crippen molar-refractivity contribution in [2.24, 2.45) is 5.92 Å². The SMILES string of the molecule is CCc1c(O)cc(CCC(C)C)oc1=O. The lowest BCUT2D eigenvalue weighted by Gasteiger charge is -2.05. The van der Waals surface area contributed by atoms with E-state index in [0.717, 1.165) is 6.42 Å². The van der Waals surface area contributed by atoms with Gasteiger partial charge in [0.05, 0.1) is 5.56 Å². The van der Waals surface area contributed by atoms with E-state index in [1.165, 1.54) is 0 Å². The molecule has 0 fully saturated rings. The summed E-state index contributed by atoms with van der Waals surface area (Å²) in [6.07, 6.45) is 2.15. The lowest BCUT2D eigenvalue weighted by molar-refractivity contribution is 0.403. The van der Waals surface area contributed by atoms with Crippen LogP contribution in [0.25, 0.3) is 0 Å². The monoisotopic (exact) mass is 210 g/mol. The first-order valence-corrected chi connectivity index (χ1v) is 5.39. The zero-order chi connectivity index (χ0) is 11.4. The van der Waals surface area contributed by atoms with Crippen molar-refractivity contribution in [1.82, 2.24) is 0 Å². The molecule has 0 bridgehead atoms. The van der Waals surface area contributed by atoms with Gasteiger partial charge in [-0.3, -0.25) is 0 Å². The first-order chi connectivity index (χ1) is 7.04.